The van der Waals surface area contributed by atoms with Crippen LogP contribution in [-0.4, -0.2) is 22.7 Å². The van der Waals surface area contributed by atoms with E-state index >= 15 is 0 Å². The molecule has 2 aromatic heterocycles. The Morgan fingerprint density at radius 2 is 2.00 bits per heavy atom. The van der Waals surface area contributed by atoms with Crippen molar-refractivity contribution < 1.29 is 4.74 Å². The van der Waals surface area contributed by atoms with Gasteiger partial charge in [0.05, 0.1) is 18.0 Å². The minimum Gasteiger partial charge on any atom is -0.383 e. The molecule has 2 aromatic carbocycles. The molecule has 0 aliphatic rings. The molecular weight excluding hydrogens is 346 g/mol. The maximum Gasteiger partial charge on any atom is 0.285 e. The predicted octanol–water partition coefficient (Wildman–Crippen LogP) is 4.45. The number of rotatable bonds is 6. The molecule has 0 saturated heterocycles. The number of benzene rings is 2. The molecular formula is C20H19N3O2S. The van der Waals surface area contributed by atoms with Gasteiger partial charge in [0.15, 0.2) is 0 Å². The van der Waals surface area contributed by atoms with Gasteiger partial charge in [-0.2, -0.15) is 0 Å². The van der Waals surface area contributed by atoms with Crippen molar-refractivity contribution in [2.75, 3.05) is 19.0 Å². The van der Waals surface area contributed by atoms with E-state index in [9.17, 15) is 4.79 Å². The molecule has 132 valence electrons. The topological polar surface area (TPSA) is 59.0 Å². The van der Waals surface area contributed by atoms with E-state index in [1.165, 1.54) is 11.5 Å². The molecule has 0 atom stereocenters. The molecule has 4 rings (SSSR count). The van der Waals surface area contributed by atoms with Gasteiger partial charge in [0.2, 0.25) is 0 Å². The van der Waals surface area contributed by atoms with Crippen LogP contribution in [0, 0.1) is 0 Å². The Bertz CT molecular complexity index is 1080. The fourth-order valence-electron chi connectivity index (χ4n) is 2.91. The van der Waals surface area contributed by atoms with Crippen molar-refractivity contribution in [1.82, 2.24) is 8.94 Å². The SMILES string of the molecule is COCCn1sc(-c2ccccc2)c(Nc2ccc3[nH]ccc3c2)c1=O. The second kappa shape index (κ2) is 7.19. The van der Waals surface area contributed by atoms with Gasteiger partial charge in [0, 0.05) is 29.9 Å². The normalized spacial score (nSPS) is 11.1. The van der Waals surface area contributed by atoms with Crippen molar-refractivity contribution in [2.45, 2.75) is 6.54 Å². The first-order valence-corrected chi connectivity index (χ1v) is 9.16. The second-order valence-corrected chi connectivity index (χ2v) is 7.00. The maximum absolute atomic E-state index is 12.9. The molecule has 6 heteroatoms. The fourth-order valence-corrected chi connectivity index (χ4v) is 3.94. The summed E-state index contributed by atoms with van der Waals surface area (Å²) in [5.74, 6) is 0. The third-order valence-electron chi connectivity index (χ3n) is 4.23. The van der Waals surface area contributed by atoms with E-state index in [0.29, 0.717) is 18.8 Å². The summed E-state index contributed by atoms with van der Waals surface area (Å²) in [6, 6.07) is 18.0. The summed E-state index contributed by atoms with van der Waals surface area (Å²) in [5.41, 5.74) is 3.56. The van der Waals surface area contributed by atoms with E-state index in [2.05, 4.69) is 10.3 Å². The van der Waals surface area contributed by atoms with Crippen molar-refractivity contribution in [3.63, 3.8) is 0 Å². The van der Waals surface area contributed by atoms with Gasteiger partial charge in [-0.15, -0.1) is 0 Å². The number of hydrogen-bond acceptors (Lipinski definition) is 4. The molecule has 0 amide bonds. The highest BCUT2D eigenvalue weighted by atomic mass is 32.1. The number of fused-ring (bicyclic) bond motifs is 1. The quantitative estimate of drug-likeness (QED) is 0.531. The van der Waals surface area contributed by atoms with E-state index in [4.69, 9.17) is 4.74 Å². The van der Waals surface area contributed by atoms with Crippen molar-refractivity contribution in [1.29, 1.82) is 0 Å². The Morgan fingerprint density at radius 1 is 1.15 bits per heavy atom. The highest BCUT2D eigenvalue weighted by molar-refractivity contribution is 7.10. The second-order valence-electron chi connectivity index (χ2n) is 5.97. The largest absolute Gasteiger partial charge is 0.383 e. The monoisotopic (exact) mass is 365 g/mol. The van der Waals surface area contributed by atoms with Crippen molar-refractivity contribution >= 4 is 33.8 Å². The number of aromatic amines is 1. The smallest absolute Gasteiger partial charge is 0.285 e. The Balaban J connectivity index is 1.77. The molecule has 26 heavy (non-hydrogen) atoms. The molecule has 0 aliphatic carbocycles. The lowest BCUT2D eigenvalue weighted by Crippen LogP contribution is -2.18. The number of aromatic nitrogens is 2. The zero-order valence-electron chi connectivity index (χ0n) is 14.4. The molecule has 0 aliphatic heterocycles. The minimum absolute atomic E-state index is 0.0277. The first-order valence-electron chi connectivity index (χ1n) is 8.39. The van der Waals surface area contributed by atoms with Gasteiger partial charge >= 0.3 is 0 Å². The molecule has 0 radical (unpaired) electrons. The molecule has 5 nitrogen and oxygen atoms in total. The van der Waals surface area contributed by atoms with Gasteiger partial charge in [0.1, 0.15) is 5.69 Å². The summed E-state index contributed by atoms with van der Waals surface area (Å²) in [4.78, 5) is 17.0. The first-order chi connectivity index (χ1) is 12.8. The Morgan fingerprint density at radius 3 is 2.81 bits per heavy atom. The molecule has 0 bridgehead atoms. The molecule has 0 spiro atoms. The van der Waals surface area contributed by atoms with E-state index < -0.39 is 0 Å². The zero-order chi connectivity index (χ0) is 17.9. The van der Waals surface area contributed by atoms with Crippen LogP contribution in [-0.2, 0) is 11.3 Å². The number of nitrogens with one attached hydrogen (secondary N) is 2. The molecule has 0 unspecified atom stereocenters. The van der Waals surface area contributed by atoms with Crippen LogP contribution in [0.5, 0.6) is 0 Å². The van der Waals surface area contributed by atoms with Crippen LogP contribution in [0.15, 0.2) is 65.6 Å². The average Bonchev–Trinajstić information content (AvgIpc) is 3.26. The van der Waals surface area contributed by atoms with E-state index in [0.717, 1.165) is 27.0 Å². The lowest BCUT2D eigenvalue weighted by molar-refractivity contribution is 0.189. The van der Waals surface area contributed by atoms with Gasteiger partial charge in [-0.1, -0.05) is 41.9 Å². The van der Waals surface area contributed by atoms with Crippen LogP contribution in [0.25, 0.3) is 21.3 Å². The van der Waals surface area contributed by atoms with Crippen molar-refractivity contribution in [3.8, 4) is 10.4 Å². The predicted molar refractivity (Wildman–Crippen MR) is 107 cm³/mol. The van der Waals surface area contributed by atoms with E-state index in [1.807, 2.05) is 60.8 Å². The Hall–Kier alpha value is -2.83. The van der Waals surface area contributed by atoms with Gasteiger partial charge in [-0.3, -0.25) is 8.75 Å². The number of nitrogens with zero attached hydrogens (tertiary/aromatic N) is 1. The summed E-state index contributed by atoms with van der Waals surface area (Å²) in [7, 11) is 1.64. The van der Waals surface area contributed by atoms with Gasteiger partial charge < -0.3 is 15.0 Å². The summed E-state index contributed by atoms with van der Waals surface area (Å²) >= 11 is 1.46. The number of hydrogen-bond donors (Lipinski definition) is 2. The van der Waals surface area contributed by atoms with Crippen LogP contribution in [0.2, 0.25) is 0 Å². The molecule has 0 fully saturated rings. The van der Waals surface area contributed by atoms with Crippen molar-refractivity contribution in [2.24, 2.45) is 0 Å². The number of anilines is 2. The maximum atomic E-state index is 12.9. The van der Waals surface area contributed by atoms with Gasteiger partial charge in [-0.05, 0) is 29.8 Å². The van der Waals surface area contributed by atoms with Crippen LogP contribution >= 0.6 is 11.5 Å². The molecule has 2 heterocycles. The summed E-state index contributed by atoms with van der Waals surface area (Å²) < 4.78 is 6.88. The van der Waals surface area contributed by atoms with Crippen molar-refractivity contribution in [3.05, 3.63) is 71.1 Å². The third kappa shape index (κ3) is 3.16. The zero-order valence-corrected chi connectivity index (χ0v) is 15.2. The van der Waals surface area contributed by atoms with Gasteiger partial charge in [0.25, 0.3) is 5.56 Å². The van der Waals surface area contributed by atoms with E-state index in [1.54, 1.807) is 11.1 Å². The van der Waals surface area contributed by atoms with Crippen LogP contribution in [0.4, 0.5) is 11.4 Å². The summed E-state index contributed by atoms with van der Waals surface area (Å²) in [6.07, 6.45) is 1.91. The van der Waals surface area contributed by atoms with Gasteiger partial charge in [-0.25, -0.2) is 0 Å². The Labute approximate surface area is 155 Å². The number of H-pyrrole nitrogens is 1. The lowest BCUT2D eigenvalue weighted by Gasteiger charge is -2.06. The van der Waals surface area contributed by atoms with Crippen LogP contribution in [0.1, 0.15) is 0 Å². The highest BCUT2D eigenvalue weighted by Crippen LogP contribution is 2.33. The number of ether oxygens (including phenoxy) is 1. The lowest BCUT2D eigenvalue weighted by atomic mass is 10.1. The Kier molecular flexibility index (Phi) is 4.60. The fraction of sp³-hybridized carbons (Fsp3) is 0.150. The molecule has 0 saturated carbocycles. The first kappa shape index (κ1) is 16.6. The summed E-state index contributed by atoms with van der Waals surface area (Å²) in [5, 5.41) is 4.44. The highest BCUT2D eigenvalue weighted by Gasteiger charge is 2.17. The third-order valence-corrected chi connectivity index (χ3v) is 5.42. The molecule has 4 aromatic rings. The number of methoxy groups -OCH3 is 1. The standard InChI is InChI=1S/C20H19N3O2S/c1-25-12-11-23-20(24)18(19(26-23)14-5-3-2-4-6-14)22-16-7-8-17-15(13-16)9-10-21-17/h2-10,13,21-22H,11-12H2,1H3. The average molecular weight is 365 g/mol. The minimum atomic E-state index is -0.0277. The molecule has 2 N–H and O–H groups in total. The van der Waals surface area contributed by atoms with Crippen LogP contribution < -0.4 is 10.9 Å². The summed E-state index contributed by atoms with van der Waals surface area (Å²) in [6.45, 7) is 1.04. The van der Waals surface area contributed by atoms with Crippen LogP contribution in [0.3, 0.4) is 0 Å². The van der Waals surface area contributed by atoms with E-state index in [-0.39, 0.29) is 5.56 Å².